The van der Waals surface area contributed by atoms with Gasteiger partial charge in [0.2, 0.25) is 0 Å². The molecule has 6 heteroatoms. The zero-order valence-corrected chi connectivity index (χ0v) is 7.13. The molecular weight excluding hydrogens is 220 g/mol. The maximum absolute atomic E-state index is 11.7. The summed E-state index contributed by atoms with van der Waals surface area (Å²) in [6.07, 6.45) is -0.888. The Hall–Kier alpha value is -0.520. The van der Waals surface area contributed by atoms with E-state index in [9.17, 15) is 8.78 Å². The molecular formula is C5H6BrF2N3. The molecule has 0 amide bonds. The smallest absolute Gasteiger partial charge is 0.246 e. The van der Waals surface area contributed by atoms with Crippen molar-refractivity contribution in [1.29, 1.82) is 0 Å². The van der Waals surface area contributed by atoms with E-state index in [0.29, 0.717) is 11.0 Å². The highest BCUT2D eigenvalue weighted by molar-refractivity contribution is 9.08. The molecule has 0 saturated heterocycles. The third-order valence-corrected chi connectivity index (χ3v) is 1.62. The molecule has 1 aromatic heterocycles. The molecule has 1 aromatic rings. The maximum atomic E-state index is 11.7. The second-order valence-electron chi connectivity index (χ2n) is 1.96. The molecule has 11 heavy (non-hydrogen) atoms. The summed E-state index contributed by atoms with van der Waals surface area (Å²) in [6, 6.07) is 0. The lowest BCUT2D eigenvalue weighted by atomic mass is 10.5. The largest absolute Gasteiger partial charge is 0.257 e. The van der Waals surface area contributed by atoms with Crippen LogP contribution in [-0.2, 0) is 11.9 Å². The van der Waals surface area contributed by atoms with Gasteiger partial charge < -0.3 is 0 Å². The van der Waals surface area contributed by atoms with Gasteiger partial charge in [-0.1, -0.05) is 21.1 Å². The van der Waals surface area contributed by atoms with Crippen molar-refractivity contribution >= 4 is 15.9 Å². The minimum Gasteiger partial charge on any atom is -0.246 e. The van der Waals surface area contributed by atoms with E-state index < -0.39 is 6.43 Å². The lowest BCUT2D eigenvalue weighted by Crippen LogP contribution is -2.06. The van der Waals surface area contributed by atoms with Gasteiger partial charge in [-0.25, -0.2) is 13.5 Å². The number of rotatable bonds is 3. The van der Waals surface area contributed by atoms with Gasteiger partial charge in [0.25, 0.3) is 6.43 Å². The van der Waals surface area contributed by atoms with Crippen molar-refractivity contribution in [3.8, 4) is 0 Å². The van der Waals surface area contributed by atoms with Crippen LogP contribution in [0.5, 0.6) is 0 Å². The number of halogens is 3. The molecule has 0 aliphatic carbocycles. The fourth-order valence-electron chi connectivity index (χ4n) is 0.630. The Bertz CT molecular complexity index is 225. The molecule has 0 bridgehead atoms. The lowest BCUT2D eigenvalue weighted by molar-refractivity contribution is 0.121. The Morgan fingerprint density at radius 2 is 2.36 bits per heavy atom. The molecule has 0 aliphatic heterocycles. The second kappa shape index (κ2) is 3.75. The second-order valence-corrected chi connectivity index (χ2v) is 2.52. The quantitative estimate of drug-likeness (QED) is 0.730. The van der Waals surface area contributed by atoms with E-state index in [4.69, 9.17) is 0 Å². The van der Waals surface area contributed by atoms with E-state index in [1.165, 1.54) is 6.20 Å². The standard InChI is InChI=1S/C5H6BrF2N3/c6-1-4-2-11(10-9-4)3-5(7)8/h2,5H,1,3H2. The average Bonchev–Trinajstić information content (AvgIpc) is 2.34. The highest BCUT2D eigenvalue weighted by atomic mass is 79.9. The van der Waals surface area contributed by atoms with Crippen molar-refractivity contribution in [2.24, 2.45) is 0 Å². The first-order valence-corrected chi connectivity index (χ1v) is 4.07. The van der Waals surface area contributed by atoms with Crippen LogP contribution in [-0.4, -0.2) is 21.4 Å². The van der Waals surface area contributed by atoms with Crippen molar-refractivity contribution in [3.05, 3.63) is 11.9 Å². The van der Waals surface area contributed by atoms with Crippen LogP contribution in [0.2, 0.25) is 0 Å². The monoisotopic (exact) mass is 225 g/mol. The van der Waals surface area contributed by atoms with Gasteiger partial charge in [0.05, 0.1) is 5.69 Å². The van der Waals surface area contributed by atoms with E-state index >= 15 is 0 Å². The van der Waals surface area contributed by atoms with Gasteiger partial charge in [0.1, 0.15) is 6.54 Å². The van der Waals surface area contributed by atoms with Crippen molar-refractivity contribution in [2.45, 2.75) is 18.3 Å². The number of nitrogens with zero attached hydrogens (tertiary/aromatic N) is 3. The molecule has 0 radical (unpaired) electrons. The van der Waals surface area contributed by atoms with Crippen LogP contribution >= 0.6 is 15.9 Å². The highest BCUT2D eigenvalue weighted by Crippen LogP contribution is 2.01. The normalized spacial score (nSPS) is 10.9. The molecule has 0 aliphatic rings. The lowest BCUT2D eigenvalue weighted by Gasteiger charge is -1.95. The summed E-state index contributed by atoms with van der Waals surface area (Å²) in [7, 11) is 0. The van der Waals surface area contributed by atoms with Gasteiger partial charge >= 0.3 is 0 Å². The molecule has 0 saturated carbocycles. The summed E-state index contributed by atoms with van der Waals surface area (Å²) < 4.78 is 24.6. The summed E-state index contributed by atoms with van der Waals surface area (Å²) in [5.41, 5.74) is 0.658. The van der Waals surface area contributed by atoms with Crippen molar-refractivity contribution in [1.82, 2.24) is 15.0 Å². The van der Waals surface area contributed by atoms with Crippen LogP contribution in [0.4, 0.5) is 8.78 Å². The zero-order chi connectivity index (χ0) is 8.27. The summed E-state index contributed by atoms with van der Waals surface area (Å²) >= 11 is 3.13. The fourth-order valence-corrected chi connectivity index (χ4v) is 0.887. The molecule has 0 unspecified atom stereocenters. The SMILES string of the molecule is FC(F)Cn1cc(CBr)nn1. The molecule has 0 N–H and O–H groups in total. The molecule has 0 fully saturated rings. The fraction of sp³-hybridized carbons (Fsp3) is 0.600. The minimum atomic E-state index is -2.38. The van der Waals surface area contributed by atoms with E-state index in [0.717, 1.165) is 4.68 Å². The Labute approximate surface area is 70.5 Å². The van der Waals surface area contributed by atoms with Gasteiger partial charge in [-0.2, -0.15) is 0 Å². The minimum absolute atomic E-state index is 0.389. The van der Waals surface area contributed by atoms with Crippen molar-refractivity contribution in [2.75, 3.05) is 0 Å². The summed E-state index contributed by atoms with van der Waals surface area (Å²) in [6.45, 7) is -0.389. The van der Waals surface area contributed by atoms with Crippen LogP contribution in [0.1, 0.15) is 5.69 Å². The Morgan fingerprint density at radius 1 is 1.64 bits per heavy atom. The maximum Gasteiger partial charge on any atom is 0.257 e. The average molecular weight is 226 g/mol. The van der Waals surface area contributed by atoms with Crippen molar-refractivity contribution in [3.63, 3.8) is 0 Å². The Kier molecular flexibility index (Phi) is 2.92. The van der Waals surface area contributed by atoms with Gasteiger partial charge in [-0.15, -0.1) is 5.10 Å². The molecule has 0 spiro atoms. The third kappa shape index (κ3) is 2.53. The number of alkyl halides is 3. The predicted octanol–water partition coefficient (Wildman–Crippen LogP) is 1.44. The van der Waals surface area contributed by atoms with E-state index in [-0.39, 0.29) is 6.54 Å². The Balaban J connectivity index is 2.58. The zero-order valence-electron chi connectivity index (χ0n) is 5.54. The van der Waals surface area contributed by atoms with Crippen LogP contribution in [0.25, 0.3) is 0 Å². The van der Waals surface area contributed by atoms with E-state index in [1.807, 2.05) is 0 Å². The molecule has 1 heterocycles. The van der Waals surface area contributed by atoms with Gasteiger partial charge in [-0.05, 0) is 0 Å². The van der Waals surface area contributed by atoms with Crippen molar-refractivity contribution < 1.29 is 8.78 Å². The number of hydrogen-bond donors (Lipinski definition) is 0. The Morgan fingerprint density at radius 3 is 2.82 bits per heavy atom. The van der Waals surface area contributed by atoms with E-state index in [2.05, 4.69) is 26.2 Å². The van der Waals surface area contributed by atoms with Crippen LogP contribution in [0, 0.1) is 0 Å². The van der Waals surface area contributed by atoms with Crippen LogP contribution < -0.4 is 0 Å². The number of hydrogen-bond acceptors (Lipinski definition) is 2. The molecule has 0 aromatic carbocycles. The van der Waals surface area contributed by atoms with Gasteiger partial charge in [-0.3, -0.25) is 0 Å². The first-order chi connectivity index (χ1) is 5.22. The van der Waals surface area contributed by atoms with E-state index in [1.54, 1.807) is 0 Å². The molecule has 0 atom stereocenters. The summed E-state index contributed by atoms with van der Waals surface area (Å²) in [5.74, 6) is 0. The van der Waals surface area contributed by atoms with Gasteiger partial charge in [0.15, 0.2) is 0 Å². The first kappa shape index (κ1) is 8.58. The molecule has 1 rings (SSSR count). The summed E-state index contributed by atoms with van der Waals surface area (Å²) in [5, 5.41) is 7.64. The number of aromatic nitrogens is 3. The molecule has 62 valence electrons. The summed E-state index contributed by atoms with van der Waals surface area (Å²) in [4.78, 5) is 0. The van der Waals surface area contributed by atoms with Gasteiger partial charge in [0, 0.05) is 11.5 Å². The highest BCUT2D eigenvalue weighted by Gasteiger charge is 2.05. The van der Waals surface area contributed by atoms with Crippen LogP contribution in [0.3, 0.4) is 0 Å². The third-order valence-electron chi connectivity index (χ3n) is 1.05. The molecule has 3 nitrogen and oxygen atoms in total. The predicted molar refractivity (Wildman–Crippen MR) is 38.7 cm³/mol. The topological polar surface area (TPSA) is 30.7 Å². The van der Waals surface area contributed by atoms with Crippen LogP contribution in [0.15, 0.2) is 6.20 Å². The first-order valence-electron chi connectivity index (χ1n) is 2.95.